The second kappa shape index (κ2) is 5.97. The first-order valence-corrected chi connectivity index (χ1v) is 7.11. The Labute approximate surface area is 82.9 Å². The van der Waals surface area contributed by atoms with Gasteiger partial charge in [0.1, 0.15) is 0 Å². The Balaban J connectivity index is 0. The topological polar surface area (TPSA) is 60.7 Å². The molecule has 3 N–H and O–H groups in total. The molecule has 0 aromatic heterocycles. The maximum absolute atomic E-state index is 9.48. The molecule has 0 amide bonds. The van der Waals surface area contributed by atoms with Gasteiger partial charge in [-0.1, -0.05) is 0 Å². The average molecular weight is 210 g/mol. The van der Waals surface area contributed by atoms with Crippen LogP contribution in [0.25, 0.3) is 0 Å². The second-order valence-electron chi connectivity index (χ2n) is 3.49. The SMILES string of the molecule is B.CCCCP(O)(O)(O)CCCC. The molecule has 0 unspecified atom stereocenters. The molecule has 0 aromatic rings. The molecule has 0 saturated carbocycles. The van der Waals surface area contributed by atoms with Gasteiger partial charge in [-0.05, 0) is 0 Å². The fourth-order valence-electron chi connectivity index (χ4n) is 1.08. The van der Waals surface area contributed by atoms with Crippen molar-refractivity contribution in [3.8, 4) is 0 Å². The molecular formula is C8H24BO3P. The zero-order valence-electron chi connectivity index (χ0n) is 8.03. The van der Waals surface area contributed by atoms with Gasteiger partial charge in [0.15, 0.2) is 0 Å². The predicted molar refractivity (Wildman–Crippen MR) is 63.1 cm³/mol. The summed E-state index contributed by atoms with van der Waals surface area (Å²) in [5.41, 5.74) is 0. The molecule has 0 aliphatic carbocycles. The Morgan fingerprint density at radius 2 is 1.15 bits per heavy atom. The Bertz CT molecular complexity index is 121. The molecule has 0 heterocycles. The van der Waals surface area contributed by atoms with Gasteiger partial charge in [0.2, 0.25) is 0 Å². The van der Waals surface area contributed by atoms with E-state index in [2.05, 4.69) is 0 Å². The van der Waals surface area contributed by atoms with Crippen molar-refractivity contribution in [2.75, 3.05) is 12.3 Å². The fraction of sp³-hybridized carbons (Fsp3) is 1.00. The minimum atomic E-state index is -4.21. The predicted octanol–water partition coefficient (Wildman–Crippen LogP) is 0.678. The molecule has 0 aliphatic rings. The van der Waals surface area contributed by atoms with Crippen molar-refractivity contribution in [1.29, 1.82) is 0 Å². The molecule has 0 aromatic carbocycles. The zero-order chi connectivity index (χ0) is 9.69. The van der Waals surface area contributed by atoms with Gasteiger partial charge in [0.05, 0.1) is 8.41 Å². The monoisotopic (exact) mass is 210 g/mol. The molecule has 0 aliphatic heterocycles. The van der Waals surface area contributed by atoms with Crippen molar-refractivity contribution in [3.63, 3.8) is 0 Å². The molecule has 0 radical (unpaired) electrons. The molecule has 13 heavy (non-hydrogen) atoms. The summed E-state index contributed by atoms with van der Waals surface area (Å²) in [4.78, 5) is 28.5. The fourth-order valence-corrected chi connectivity index (χ4v) is 3.23. The average Bonchev–Trinajstić information content (AvgIpc) is 1.97. The number of hydrogen-bond acceptors (Lipinski definition) is 3. The van der Waals surface area contributed by atoms with E-state index >= 15 is 0 Å². The molecule has 3 nitrogen and oxygen atoms in total. The van der Waals surface area contributed by atoms with E-state index < -0.39 is 7.28 Å². The van der Waals surface area contributed by atoms with Crippen LogP contribution in [0.4, 0.5) is 0 Å². The van der Waals surface area contributed by atoms with Crippen molar-refractivity contribution in [2.24, 2.45) is 0 Å². The van der Waals surface area contributed by atoms with Crippen LogP contribution in [0.1, 0.15) is 39.5 Å². The second-order valence-corrected chi connectivity index (χ2v) is 7.07. The Morgan fingerprint density at radius 1 is 0.846 bits per heavy atom. The Hall–Kier alpha value is 0.375. The minimum absolute atomic E-state index is 0. The van der Waals surface area contributed by atoms with Gasteiger partial charge in [-0.15, -0.1) is 0 Å². The Morgan fingerprint density at radius 3 is 1.38 bits per heavy atom. The van der Waals surface area contributed by atoms with Crippen LogP contribution in [0.3, 0.4) is 0 Å². The van der Waals surface area contributed by atoms with Crippen molar-refractivity contribution >= 4 is 15.7 Å². The first-order chi connectivity index (χ1) is 5.39. The third kappa shape index (κ3) is 8.70. The summed E-state index contributed by atoms with van der Waals surface area (Å²) in [5, 5.41) is 0. The van der Waals surface area contributed by atoms with E-state index in [-0.39, 0.29) is 20.7 Å². The molecular weight excluding hydrogens is 186 g/mol. The van der Waals surface area contributed by atoms with Crippen molar-refractivity contribution in [1.82, 2.24) is 0 Å². The molecule has 0 atom stereocenters. The van der Waals surface area contributed by atoms with Crippen molar-refractivity contribution in [2.45, 2.75) is 39.5 Å². The molecule has 5 heteroatoms. The Kier molecular flexibility index (Phi) is 7.27. The number of unbranched alkanes of at least 4 members (excludes halogenated alkanes) is 2. The number of rotatable bonds is 6. The van der Waals surface area contributed by atoms with Crippen LogP contribution in [0.15, 0.2) is 0 Å². The van der Waals surface area contributed by atoms with Crippen LogP contribution in [0.2, 0.25) is 0 Å². The molecule has 0 bridgehead atoms. The van der Waals surface area contributed by atoms with Crippen LogP contribution >= 0.6 is 7.28 Å². The van der Waals surface area contributed by atoms with Crippen LogP contribution < -0.4 is 0 Å². The van der Waals surface area contributed by atoms with Crippen molar-refractivity contribution in [3.05, 3.63) is 0 Å². The van der Waals surface area contributed by atoms with Crippen LogP contribution in [-0.4, -0.2) is 35.4 Å². The van der Waals surface area contributed by atoms with E-state index in [0.717, 1.165) is 12.8 Å². The summed E-state index contributed by atoms with van der Waals surface area (Å²) in [6, 6.07) is 0. The van der Waals surface area contributed by atoms with Gasteiger partial charge in [-0.2, -0.15) is 0 Å². The van der Waals surface area contributed by atoms with Gasteiger partial charge in [0, 0.05) is 0 Å². The molecule has 82 valence electrons. The summed E-state index contributed by atoms with van der Waals surface area (Å²) < 4.78 is 0. The molecule has 0 saturated heterocycles. The zero-order valence-corrected chi connectivity index (χ0v) is 8.93. The normalized spacial score (nSPS) is 14.4. The standard InChI is InChI=1S/C8H21O3P.BH3/c1-3-5-7-12(9,10,11)8-6-4-2;/h9-11H,3-8H2,1-2H3;1H3. The van der Waals surface area contributed by atoms with E-state index in [1.165, 1.54) is 0 Å². The van der Waals surface area contributed by atoms with E-state index in [0.29, 0.717) is 12.8 Å². The molecule has 0 rings (SSSR count). The van der Waals surface area contributed by atoms with Gasteiger partial charge in [-0.3, -0.25) is 0 Å². The summed E-state index contributed by atoms with van der Waals surface area (Å²) in [6.45, 7) is 3.93. The van der Waals surface area contributed by atoms with E-state index in [4.69, 9.17) is 0 Å². The number of hydrogen-bond donors (Lipinski definition) is 3. The summed E-state index contributed by atoms with van der Waals surface area (Å²) >= 11 is 0. The molecule has 0 fully saturated rings. The van der Waals surface area contributed by atoms with E-state index in [1.54, 1.807) is 0 Å². The quantitative estimate of drug-likeness (QED) is 0.446. The first kappa shape index (κ1) is 15.8. The van der Waals surface area contributed by atoms with Gasteiger partial charge in [-0.25, -0.2) is 0 Å². The summed E-state index contributed by atoms with van der Waals surface area (Å²) in [7, 11) is -4.21. The van der Waals surface area contributed by atoms with Crippen LogP contribution in [-0.2, 0) is 0 Å². The summed E-state index contributed by atoms with van der Waals surface area (Å²) in [5.74, 6) is 0. The van der Waals surface area contributed by atoms with Gasteiger partial charge >= 0.3 is 73.8 Å². The first-order valence-electron chi connectivity index (χ1n) is 4.65. The third-order valence-electron chi connectivity index (χ3n) is 1.94. The van der Waals surface area contributed by atoms with Crippen LogP contribution in [0.5, 0.6) is 0 Å². The van der Waals surface area contributed by atoms with Gasteiger partial charge < -0.3 is 0 Å². The summed E-state index contributed by atoms with van der Waals surface area (Å²) in [6.07, 6.45) is 3.47. The van der Waals surface area contributed by atoms with E-state index in [1.807, 2.05) is 13.8 Å². The maximum atomic E-state index is 9.48. The third-order valence-corrected chi connectivity index (χ3v) is 4.40. The van der Waals surface area contributed by atoms with Crippen molar-refractivity contribution < 1.29 is 14.7 Å². The van der Waals surface area contributed by atoms with E-state index in [9.17, 15) is 14.7 Å². The van der Waals surface area contributed by atoms with Gasteiger partial charge in [0.25, 0.3) is 0 Å². The van der Waals surface area contributed by atoms with Crippen LogP contribution in [0, 0.1) is 0 Å². The molecule has 0 spiro atoms.